The van der Waals surface area contributed by atoms with Gasteiger partial charge in [0.2, 0.25) is 12.4 Å². The second-order valence-electron chi connectivity index (χ2n) is 11.0. The lowest BCUT2D eigenvalue weighted by Crippen LogP contribution is -2.63. The van der Waals surface area contributed by atoms with Gasteiger partial charge in [0.1, 0.15) is 29.8 Å². The molecule has 14 nitrogen and oxygen atoms in total. The minimum Gasteiger partial charge on any atom is -0.465 e. The first-order valence-electron chi connectivity index (χ1n) is 15.0. The third kappa shape index (κ3) is 7.70. The van der Waals surface area contributed by atoms with E-state index in [2.05, 4.69) is 0 Å². The Morgan fingerprint density at radius 2 is 1.41 bits per heavy atom. The molecule has 2 aliphatic heterocycles. The molecule has 1 saturated heterocycles. The summed E-state index contributed by atoms with van der Waals surface area (Å²) in [6, 6.07) is 15.8. The standard InChI is InChI=1S/C35H32O14/c1-17(36)43-16-29-31(44-18(2)37)32(45-19(3)38)33(46-20(4)39)35(49-29)47-22-11-13-26-28(15-22)48-27-14-21(40)10-12-25(27)30(26)23-8-6-7-9-24(23)34(41)42-5/h6-15,29,31-33,35H,16H2,1-5H3/t29-,31+,32+,33-,35-/m1/s1. The largest absolute Gasteiger partial charge is 0.465 e. The second kappa shape index (κ2) is 14.6. The average molecular weight is 677 g/mol. The predicted octanol–water partition coefficient (Wildman–Crippen LogP) is 3.81. The van der Waals surface area contributed by atoms with Crippen LogP contribution in [0.3, 0.4) is 0 Å². The maximum atomic E-state index is 12.8. The SMILES string of the molecule is COC(=O)c1ccccc1-c1c2ccc(=O)cc-2oc2cc(O[C@@H]3O[C@H](COC(C)=O)[C@H](OC(C)=O)[C@H](OC(C)=O)[C@H]3OC(C)=O)ccc12. The van der Waals surface area contributed by atoms with Crippen LogP contribution in [0.25, 0.3) is 33.4 Å². The van der Waals surface area contributed by atoms with Crippen molar-refractivity contribution >= 4 is 40.8 Å². The minimum atomic E-state index is -1.49. The van der Waals surface area contributed by atoms with Gasteiger partial charge in [-0.15, -0.1) is 0 Å². The molecule has 0 radical (unpaired) electrons. The Bertz CT molecular complexity index is 1940. The maximum Gasteiger partial charge on any atom is 0.338 e. The molecule has 2 aromatic carbocycles. The molecule has 0 aromatic heterocycles. The number of hydrogen-bond donors (Lipinski definition) is 0. The van der Waals surface area contributed by atoms with E-state index in [4.69, 9.17) is 37.6 Å². The highest BCUT2D eigenvalue weighted by Gasteiger charge is 2.53. The molecule has 0 spiro atoms. The molecule has 2 aromatic rings. The molecule has 2 heterocycles. The number of carbonyl (C=O) groups excluding carboxylic acids is 5. The fourth-order valence-electron chi connectivity index (χ4n) is 5.62. The molecule has 0 N–H and O–H groups in total. The number of methoxy groups -OCH3 is 1. The van der Waals surface area contributed by atoms with Gasteiger partial charge in [-0.05, 0) is 35.9 Å². The predicted molar refractivity (Wildman–Crippen MR) is 168 cm³/mol. The topological polar surface area (TPSA) is 180 Å². The van der Waals surface area contributed by atoms with Crippen molar-refractivity contribution in [1.82, 2.24) is 0 Å². The van der Waals surface area contributed by atoms with Crippen LogP contribution in [0.4, 0.5) is 0 Å². The van der Waals surface area contributed by atoms with Gasteiger partial charge in [-0.1, -0.05) is 18.2 Å². The van der Waals surface area contributed by atoms with Gasteiger partial charge >= 0.3 is 29.8 Å². The van der Waals surface area contributed by atoms with Crippen molar-refractivity contribution in [2.45, 2.75) is 58.4 Å². The lowest BCUT2D eigenvalue weighted by Gasteiger charge is -2.43. The van der Waals surface area contributed by atoms with Crippen molar-refractivity contribution in [1.29, 1.82) is 0 Å². The van der Waals surface area contributed by atoms with Crippen LogP contribution in [0, 0.1) is 0 Å². The summed E-state index contributed by atoms with van der Waals surface area (Å²) in [5, 5.41) is 0.538. The quantitative estimate of drug-likeness (QED) is 0.142. The molecule has 0 unspecified atom stereocenters. The van der Waals surface area contributed by atoms with Crippen molar-refractivity contribution in [2.24, 2.45) is 0 Å². The first kappa shape index (κ1) is 34.6. The highest BCUT2D eigenvalue weighted by Crippen LogP contribution is 2.42. The van der Waals surface area contributed by atoms with E-state index in [1.54, 1.807) is 42.5 Å². The van der Waals surface area contributed by atoms with E-state index in [1.807, 2.05) is 0 Å². The van der Waals surface area contributed by atoms with Crippen LogP contribution in [0.15, 0.2) is 69.9 Å². The maximum absolute atomic E-state index is 12.8. The van der Waals surface area contributed by atoms with Crippen LogP contribution < -0.4 is 10.2 Å². The van der Waals surface area contributed by atoms with Crippen molar-refractivity contribution in [3.63, 3.8) is 0 Å². The number of esters is 5. The van der Waals surface area contributed by atoms with Gasteiger partial charge in [-0.25, -0.2) is 4.79 Å². The van der Waals surface area contributed by atoms with Crippen LogP contribution in [0.1, 0.15) is 38.1 Å². The molecule has 49 heavy (non-hydrogen) atoms. The molecule has 1 aliphatic carbocycles. The number of fused-ring (bicyclic) bond motifs is 2. The zero-order valence-electron chi connectivity index (χ0n) is 27.1. The van der Waals surface area contributed by atoms with E-state index in [1.165, 1.54) is 32.2 Å². The molecule has 0 bridgehead atoms. The summed E-state index contributed by atoms with van der Waals surface area (Å²) < 4.78 is 44.9. The lowest BCUT2D eigenvalue weighted by atomic mass is 9.91. The minimum absolute atomic E-state index is 0.113. The number of hydrogen-bond acceptors (Lipinski definition) is 14. The Morgan fingerprint density at radius 3 is 2.08 bits per heavy atom. The average Bonchev–Trinajstić information content (AvgIpc) is 3.04. The zero-order chi connectivity index (χ0) is 35.4. The van der Waals surface area contributed by atoms with Gasteiger partial charge in [0, 0.05) is 56.3 Å². The summed E-state index contributed by atoms with van der Waals surface area (Å²) >= 11 is 0. The van der Waals surface area contributed by atoms with Crippen molar-refractivity contribution in [3.05, 3.63) is 76.5 Å². The molecule has 0 saturated carbocycles. The van der Waals surface area contributed by atoms with E-state index in [0.29, 0.717) is 22.1 Å². The molecule has 0 amide bonds. The normalized spacial score (nSPS) is 20.2. The number of rotatable bonds is 9. The first-order chi connectivity index (χ1) is 23.4. The van der Waals surface area contributed by atoms with E-state index < -0.39 is 67.2 Å². The van der Waals surface area contributed by atoms with Crippen molar-refractivity contribution in [3.8, 4) is 28.2 Å². The van der Waals surface area contributed by atoms with E-state index in [9.17, 15) is 28.8 Å². The van der Waals surface area contributed by atoms with E-state index in [-0.39, 0.29) is 28.1 Å². The summed E-state index contributed by atoms with van der Waals surface area (Å²) in [6.45, 7) is 4.08. The molecule has 14 heteroatoms. The van der Waals surface area contributed by atoms with Gasteiger partial charge < -0.3 is 37.6 Å². The third-order valence-corrected chi connectivity index (χ3v) is 7.47. The Labute approximate surface area is 279 Å². The van der Waals surface area contributed by atoms with Crippen LogP contribution in [0.5, 0.6) is 5.75 Å². The summed E-state index contributed by atoms with van der Waals surface area (Å²) in [7, 11) is 1.27. The second-order valence-corrected chi connectivity index (χ2v) is 11.0. The van der Waals surface area contributed by atoms with Gasteiger partial charge in [0.05, 0.1) is 12.7 Å². The lowest BCUT2D eigenvalue weighted by molar-refractivity contribution is -0.288. The molecule has 3 aliphatic rings. The Kier molecular flexibility index (Phi) is 10.3. The van der Waals surface area contributed by atoms with Crippen LogP contribution >= 0.6 is 0 Å². The molecule has 256 valence electrons. The summed E-state index contributed by atoms with van der Waals surface area (Å²) in [5.74, 6) is -3.25. The zero-order valence-corrected chi connectivity index (χ0v) is 27.1. The Balaban J connectivity index is 1.63. The third-order valence-electron chi connectivity index (χ3n) is 7.47. The van der Waals surface area contributed by atoms with Gasteiger partial charge in [0.25, 0.3) is 0 Å². The Hall–Kier alpha value is -5.76. The summed E-state index contributed by atoms with van der Waals surface area (Å²) in [4.78, 5) is 73.3. The van der Waals surface area contributed by atoms with Crippen LogP contribution in [-0.4, -0.2) is 74.3 Å². The van der Waals surface area contributed by atoms with Crippen LogP contribution in [-0.2, 0) is 47.6 Å². The van der Waals surface area contributed by atoms with Gasteiger partial charge in [-0.3, -0.25) is 24.0 Å². The summed E-state index contributed by atoms with van der Waals surface area (Å²) in [5.41, 5.74) is 1.85. The van der Waals surface area contributed by atoms with Crippen molar-refractivity contribution < 1.29 is 61.5 Å². The molecule has 1 fully saturated rings. The smallest absolute Gasteiger partial charge is 0.338 e. The molecule has 5 atom stereocenters. The molecular weight excluding hydrogens is 644 g/mol. The van der Waals surface area contributed by atoms with Crippen molar-refractivity contribution in [2.75, 3.05) is 13.7 Å². The van der Waals surface area contributed by atoms with E-state index in [0.717, 1.165) is 20.8 Å². The highest BCUT2D eigenvalue weighted by atomic mass is 16.7. The number of ether oxygens (including phenoxy) is 7. The molecule has 5 rings (SSSR count). The molecular formula is C35H32O14. The fraction of sp³-hybridized carbons (Fsp3) is 0.314. The summed E-state index contributed by atoms with van der Waals surface area (Å²) in [6.07, 6.45) is -6.97. The van der Waals surface area contributed by atoms with Crippen LogP contribution in [0.2, 0.25) is 0 Å². The number of carbonyl (C=O) groups is 5. The first-order valence-corrected chi connectivity index (χ1v) is 15.0. The Morgan fingerprint density at radius 1 is 0.735 bits per heavy atom. The monoisotopic (exact) mass is 676 g/mol. The number of benzene rings is 3. The van der Waals surface area contributed by atoms with Gasteiger partial charge in [0.15, 0.2) is 17.6 Å². The highest BCUT2D eigenvalue weighted by molar-refractivity contribution is 6.07. The van der Waals surface area contributed by atoms with E-state index >= 15 is 0 Å². The fourth-order valence-corrected chi connectivity index (χ4v) is 5.62. The van der Waals surface area contributed by atoms with Gasteiger partial charge in [-0.2, -0.15) is 0 Å².